The van der Waals surface area contributed by atoms with Gasteiger partial charge in [-0.2, -0.15) is 0 Å². The Kier molecular flexibility index (Phi) is 66.7. The topological polar surface area (TPSA) is 78.9 Å². The first-order valence-corrected chi connectivity index (χ1v) is 35.0. The molecule has 0 aliphatic heterocycles. The first-order valence-electron chi connectivity index (χ1n) is 35.0. The summed E-state index contributed by atoms with van der Waals surface area (Å²) in [5, 5.41) is 0. The number of hydrogen-bond acceptors (Lipinski definition) is 6. The number of unbranched alkanes of at least 4 members (excludes halogenated alkanes) is 32. The molecule has 0 heterocycles. The summed E-state index contributed by atoms with van der Waals surface area (Å²) in [6.07, 6.45) is 97.8. The van der Waals surface area contributed by atoms with Crippen LogP contribution in [0.1, 0.15) is 329 Å². The van der Waals surface area contributed by atoms with Crippen molar-refractivity contribution < 1.29 is 28.6 Å². The quantitative estimate of drug-likeness (QED) is 0.0261. The van der Waals surface area contributed by atoms with Gasteiger partial charge >= 0.3 is 17.9 Å². The molecule has 0 saturated carbocycles. The molecular weight excluding hydrogens is 1020 g/mol. The van der Waals surface area contributed by atoms with Gasteiger partial charge in [-0.1, -0.05) is 296 Å². The summed E-state index contributed by atoms with van der Waals surface area (Å²) in [5.74, 6) is -0.916. The average molecular weight is 1150 g/mol. The molecule has 0 N–H and O–H groups in total. The molecule has 0 aliphatic rings. The number of allylic oxidation sites excluding steroid dienone is 20. The second kappa shape index (κ2) is 70.3. The van der Waals surface area contributed by atoms with E-state index in [1.165, 1.54) is 167 Å². The maximum Gasteiger partial charge on any atom is 0.306 e. The summed E-state index contributed by atoms with van der Waals surface area (Å²) in [6, 6.07) is 0. The fraction of sp³-hybridized carbons (Fsp3) is 0.701. The van der Waals surface area contributed by atoms with Crippen molar-refractivity contribution in [3.63, 3.8) is 0 Å². The molecule has 0 spiro atoms. The van der Waals surface area contributed by atoms with Gasteiger partial charge in [0.25, 0.3) is 0 Å². The van der Waals surface area contributed by atoms with E-state index in [2.05, 4.69) is 142 Å². The molecule has 0 saturated heterocycles. The standard InChI is InChI=1S/C77H130O6/c1-4-7-10-13-16-19-22-25-28-31-33-35-37-38-40-41-43-46-49-52-55-58-61-64-67-70-76(79)82-73-74(72-81-75(78)69-66-63-60-57-54-51-48-45-30-27-24-21-18-15-12-9-6-3)83-77(80)71-68-65-62-59-56-53-50-47-44-42-39-36-34-32-29-26-23-20-17-14-11-8-5-2/h8,11,17,20,22,25-27,29-31,33-34,36-38,42,44,50,53,74H,4-7,9-10,12-16,18-19,21,23-24,28,32,35,39-41,43,45-49,51-52,54-73H2,1-3H3/b11-8-,20-17-,25-22-,29-26-,30-27-,33-31-,36-34-,38-37-,44-42-,53-50-. The van der Waals surface area contributed by atoms with Crippen molar-refractivity contribution in [2.45, 2.75) is 335 Å². The van der Waals surface area contributed by atoms with Crippen molar-refractivity contribution in [3.8, 4) is 0 Å². The zero-order valence-electron chi connectivity index (χ0n) is 54.4. The molecule has 6 nitrogen and oxygen atoms in total. The van der Waals surface area contributed by atoms with Crippen LogP contribution in [0.3, 0.4) is 0 Å². The van der Waals surface area contributed by atoms with E-state index in [0.717, 1.165) is 122 Å². The summed E-state index contributed by atoms with van der Waals surface area (Å²) in [5.41, 5.74) is 0. The Bertz CT molecular complexity index is 1700. The Hall–Kier alpha value is -4.19. The van der Waals surface area contributed by atoms with Gasteiger partial charge in [-0.15, -0.1) is 0 Å². The van der Waals surface area contributed by atoms with Gasteiger partial charge in [-0.25, -0.2) is 0 Å². The van der Waals surface area contributed by atoms with Crippen LogP contribution < -0.4 is 0 Å². The van der Waals surface area contributed by atoms with Crippen molar-refractivity contribution >= 4 is 17.9 Å². The molecule has 6 heteroatoms. The van der Waals surface area contributed by atoms with Gasteiger partial charge in [-0.05, 0) is 135 Å². The van der Waals surface area contributed by atoms with E-state index in [1.54, 1.807) is 0 Å². The fourth-order valence-corrected chi connectivity index (χ4v) is 9.68. The lowest BCUT2D eigenvalue weighted by Crippen LogP contribution is -2.30. The summed E-state index contributed by atoms with van der Waals surface area (Å²) < 4.78 is 17.0. The number of hydrogen-bond donors (Lipinski definition) is 0. The summed E-state index contributed by atoms with van der Waals surface area (Å²) in [4.78, 5) is 38.5. The minimum absolute atomic E-state index is 0.0933. The third kappa shape index (κ3) is 68.5. The maximum atomic E-state index is 13.0. The van der Waals surface area contributed by atoms with Crippen LogP contribution in [0.15, 0.2) is 122 Å². The molecule has 474 valence electrons. The zero-order valence-corrected chi connectivity index (χ0v) is 54.4. The number of carbonyl (C=O) groups is 3. The molecule has 0 aromatic carbocycles. The Morgan fingerprint density at radius 1 is 0.253 bits per heavy atom. The Morgan fingerprint density at radius 3 is 0.747 bits per heavy atom. The van der Waals surface area contributed by atoms with Gasteiger partial charge < -0.3 is 14.2 Å². The summed E-state index contributed by atoms with van der Waals surface area (Å²) in [6.45, 7) is 6.51. The van der Waals surface area contributed by atoms with Gasteiger partial charge in [-0.3, -0.25) is 14.4 Å². The first kappa shape index (κ1) is 78.8. The second-order valence-electron chi connectivity index (χ2n) is 23.1. The maximum absolute atomic E-state index is 13.0. The van der Waals surface area contributed by atoms with Crippen molar-refractivity contribution in [2.75, 3.05) is 13.2 Å². The number of carbonyl (C=O) groups excluding carboxylic acids is 3. The second-order valence-corrected chi connectivity index (χ2v) is 23.1. The molecular formula is C77H130O6. The van der Waals surface area contributed by atoms with Crippen LogP contribution in [-0.4, -0.2) is 37.2 Å². The van der Waals surface area contributed by atoms with E-state index >= 15 is 0 Å². The molecule has 83 heavy (non-hydrogen) atoms. The van der Waals surface area contributed by atoms with Gasteiger partial charge in [0, 0.05) is 19.3 Å². The molecule has 1 unspecified atom stereocenters. The van der Waals surface area contributed by atoms with Gasteiger partial charge in [0.2, 0.25) is 0 Å². The SMILES string of the molecule is CC/C=C\C/C=C\C/C=C\C/C=C\C/C=C\C/C=C\CCCCCCC(=O)OC(COC(=O)CCCCCCCCC/C=C\CCCCCCCC)COC(=O)CCCCCCCCCCCC/C=C\C/C=C\C/C=C\CCCCCCC. The number of ether oxygens (including phenoxy) is 3. The van der Waals surface area contributed by atoms with Crippen molar-refractivity contribution in [2.24, 2.45) is 0 Å². The van der Waals surface area contributed by atoms with Crippen LogP contribution >= 0.6 is 0 Å². The lowest BCUT2D eigenvalue weighted by atomic mass is 10.1. The fourth-order valence-electron chi connectivity index (χ4n) is 9.68. The molecule has 0 amide bonds. The first-order chi connectivity index (χ1) is 41.0. The van der Waals surface area contributed by atoms with Crippen LogP contribution in [0.5, 0.6) is 0 Å². The van der Waals surface area contributed by atoms with Crippen LogP contribution in [0.25, 0.3) is 0 Å². The van der Waals surface area contributed by atoms with Crippen LogP contribution in [0.2, 0.25) is 0 Å². The highest BCUT2D eigenvalue weighted by Crippen LogP contribution is 2.16. The normalized spacial score (nSPS) is 12.9. The highest BCUT2D eigenvalue weighted by Gasteiger charge is 2.19. The molecule has 1 atom stereocenters. The number of esters is 3. The van der Waals surface area contributed by atoms with E-state index in [4.69, 9.17) is 14.2 Å². The summed E-state index contributed by atoms with van der Waals surface area (Å²) >= 11 is 0. The molecule has 0 aliphatic carbocycles. The largest absolute Gasteiger partial charge is 0.462 e. The van der Waals surface area contributed by atoms with Gasteiger partial charge in [0.15, 0.2) is 6.10 Å². The van der Waals surface area contributed by atoms with Crippen molar-refractivity contribution in [3.05, 3.63) is 122 Å². The molecule has 0 bridgehead atoms. The monoisotopic (exact) mass is 1150 g/mol. The van der Waals surface area contributed by atoms with E-state index in [1.807, 2.05) is 0 Å². The van der Waals surface area contributed by atoms with Crippen LogP contribution in [0.4, 0.5) is 0 Å². The zero-order chi connectivity index (χ0) is 59.9. The predicted octanol–water partition coefficient (Wildman–Crippen LogP) is 24.3. The molecule has 0 aromatic heterocycles. The number of rotatable bonds is 63. The highest BCUT2D eigenvalue weighted by atomic mass is 16.6. The van der Waals surface area contributed by atoms with Gasteiger partial charge in [0.1, 0.15) is 13.2 Å². The Morgan fingerprint density at radius 2 is 0.470 bits per heavy atom. The predicted molar refractivity (Wildman–Crippen MR) is 362 cm³/mol. The average Bonchev–Trinajstić information content (AvgIpc) is 3.49. The lowest BCUT2D eigenvalue weighted by Gasteiger charge is -2.18. The minimum atomic E-state index is -0.801. The Balaban J connectivity index is 4.44. The van der Waals surface area contributed by atoms with E-state index in [9.17, 15) is 14.4 Å². The third-order valence-corrected chi connectivity index (χ3v) is 14.9. The lowest BCUT2D eigenvalue weighted by molar-refractivity contribution is -0.167. The van der Waals surface area contributed by atoms with Crippen molar-refractivity contribution in [1.82, 2.24) is 0 Å². The van der Waals surface area contributed by atoms with Crippen LogP contribution in [-0.2, 0) is 28.6 Å². The summed E-state index contributed by atoms with van der Waals surface area (Å²) in [7, 11) is 0. The van der Waals surface area contributed by atoms with Gasteiger partial charge in [0.05, 0.1) is 0 Å². The van der Waals surface area contributed by atoms with E-state index in [0.29, 0.717) is 19.3 Å². The Labute approximate surface area is 513 Å². The molecule has 0 radical (unpaired) electrons. The highest BCUT2D eigenvalue weighted by molar-refractivity contribution is 5.71. The third-order valence-electron chi connectivity index (χ3n) is 14.9. The molecule has 0 fully saturated rings. The molecule has 0 rings (SSSR count). The minimum Gasteiger partial charge on any atom is -0.462 e. The van der Waals surface area contributed by atoms with E-state index < -0.39 is 6.10 Å². The van der Waals surface area contributed by atoms with E-state index in [-0.39, 0.29) is 31.1 Å². The van der Waals surface area contributed by atoms with Crippen LogP contribution in [0, 0.1) is 0 Å². The smallest absolute Gasteiger partial charge is 0.306 e. The van der Waals surface area contributed by atoms with Crippen molar-refractivity contribution in [1.29, 1.82) is 0 Å². The molecule has 0 aromatic rings.